The van der Waals surface area contributed by atoms with Gasteiger partial charge in [0.05, 0.1) is 23.1 Å². The van der Waals surface area contributed by atoms with Gasteiger partial charge in [0.15, 0.2) is 10.8 Å². The molecule has 0 fully saturated rings. The van der Waals surface area contributed by atoms with E-state index in [0.29, 0.717) is 15.4 Å². The molecule has 1 N–H and O–H groups in total. The van der Waals surface area contributed by atoms with Gasteiger partial charge in [-0.25, -0.2) is 9.67 Å². The smallest absolute Gasteiger partial charge is 0.298 e. The number of carbonyl (C=O) groups is 1. The summed E-state index contributed by atoms with van der Waals surface area (Å²) in [6, 6.07) is 14.9. The zero-order chi connectivity index (χ0) is 21.3. The van der Waals surface area contributed by atoms with Gasteiger partial charge in [0.25, 0.3) is 5.91 Å². The second-order valence-electron chi connectivity index (χ2n) is 6.15. The summed E-state index contributed by atoms with van der Waals surface area (Å²) in [6.45, 7) is 0. The lowest BCUT2D eigenvalue weighted by molar-refractivity contribution is -0.143. The quantitative estimate of drug-likeness (QED) is 0.421. The zero-order valence-corrected chi connectivity index (χ0v) is 16.6. The van der Waals surface area contributed by atoms with Crippen molar-refractivity contribution in [3.05, 3.63) is 82.5 Å². The van der Waals surface area contributed by atoms with Gasteiger partial charge in [-0.05, 0) is 24.3 Å². The first-order chi connectivity index (χ1) is 14.3. The number of nitrogens with zero attached hydrogens (tertiary/aromatic N) is 3. The number of aromatic nitrogens is 3. The predicted octanol–water partition coefficient (Wildman–Crippen LogP) is 5.92. The minimum atomic E-state index is -4.80. The summed E-state index contributed by atoms with van der Waals surface area (Å²) in [7, 11) is 0. The molecule has 5 nitrogen and oxygen atoms in total. The number of carbonyl (C=O) groups excluding carboxylic acids is 1. The largest absolute Gasteiger partial charge is 0.434 e. The van der Waals surface area contributed by atoms with Crippen LogP contribution in [0.4, 0.5) is 18.3 Å². The van der Waals surface area contributed by atoms with Crippen LogP contribution in [0.1, 0.15) is 16.1 Å². The van der Waals surface area contributed by atoms with Crippen LogP contribution in [0, 0.1) is 0 Å². The highest BCUT2D eigenvalue weighted by Gasteiger charge is 2.40. The van der Waals surface area contributed by atoms with E-state index in [9.17, 15) is 18.0 Å². The number of halogens is 4. The summed E-state index contributed by atoms with van der Waals surface area (Å²) in [5.74, 6) is -0.948. The number of hydrogen-bond acceptors (Lipinski definition) is 4. The Morgan fingerprint density at radius 3 is 2.43 bits per heavy atom. The molecule has 0 saturated heterocycles. The Morgan fingerprint density at radius 2 is 1.77 bits per heavy atom. The second-order valence-corrected chi connectivity index (χ2v) is 7.45. The van der Waals surface area contributed by atoms with Crippen molar-refractivity contribution in [2.24, 2.45) is 0 Å². The number of hydrogen-bond donors (Lipinski definition) is 1. The molecule has 4 rings (SSSR count). The van der Waals surface area contributed by atoms with E-state index >= 15 is 0 Å². The maximum atomic E-state index is 13.8. The third-order valence-electron chi connectivity index (χ3n) is 4.15. The Hall–Kier alpha value is -3.17. The van der Waals surface area contributed by atoms with Crippen LogP contribution in [0.25, 0.3) is 16.9 Å². The van der Waals surface area contributed by atoms with Crippen molar-refractivity contribution in [1.29, 1.82) is 0 Å². The number of benzene rings is 2. The summed E-state index contributed by atoms with van der Waals surface area (Å²) < 4.78 is 41.9. The van der Waals surface area contributed by atoms with Crippen LogP contribution in [0.5, 0.6) is 0 Å². The average molecular weight is 449 g/mol. The number of alkyl halides is 3. The lowest BCUT2D eigenvalue weighted by atomic mass is 10.2. The Morgan fingerprint density at radius 1 is 1.07 bits per heavy atom. The van der Waals surface area contributed by atoms with Crippen LogP contribution < -0.4 is 5.32 Å². The molecule has 0 aliphatic heterocycles. The first kappa shape index (κ1) is 20.1. The highest BCUT2D eigenvalue weighted by molar-refractivity contribution is 7.14. The minimum absolute atomic E-state index is 0.131. The monoisotopic (exact) mass is 448 g/mol. The van der Waals surface area contributed by atoms with Crippen LogP contribution in [0.15, 0.2) is 66.2 Å². The van der Waals surface area contributed by atoms with E-state index in [1.165, 1.54) is 24.3 Å². The van der Waals surface area contributed by atoms with Gasteiger partial charge in [0, 0.05) is 16.0 Å². The number of rotatable bonds is 4. The Labute approximate surface area is 177 Å². The van der Waals surface area contributed by atoms with E-state index in [-0.39, 0.29) is 10.8 Å². The molecular weight excluding hydrogens is 437 g/mol. The molecule has 0 atom stereocenters. The summed E-state index contributed by atoms with van der Waals surface area (Å²) in [5, 5.41) is 8.47. The standard InChI is InChI=1S/C20H12ClF3N4OS/c21-13-6-8-14(9-7-13)28-17(20(22,23)24)15(10-25-28)18(29)27-19-26-16(11-30-19)12-4-2-1-3-5-12/h1-11H,(H,26,27,29). The van der Waals surface area contributed by atoms with Crippen molar-refractivity contribution in [2.75, 3.05) is 5.32 Å². The number of thiazole rings is 1. The number of amides is 1. The van der Waals surface area contributed by atoms with Crippen LogP contribution in [-0.4, -0.2) is 20.7 Å². The molecular formula is C20H12ClF3N4OS. The molecule has 4 aromatic rings. The maximum absolute atomic E-state index is 13.8. The molecule has 1 amide bonds. The summed E-state index contributed by atoms with van der Waals surface area (Å²) in [6.07, 6.45) is -3.92. The lowest BCUT2D eigenvalue weighted by Crippen LogP contribution is -2.20. The highest BCUT2D eigenvalue weighted by Crippen LogP contribution is 2.34. The Kier molecular flexibility index (Phi) is 5.31. The molecule has 0 aliphatic carbocycles. The van der Waals surface area contributed by atoms with Crippen molar-refractivity contribution < 1.29 is 18.0 Å². The molecule has 0 spiro atoms. The topological polar surface area (TPSA) is 59.8 Å². The summed E-state index contributed by atoms with van der Waals surface area (Å²) >= 11 is 6.92. The fraction of sp³-hybridized carbons (Fsp3) is 0.0500. The van der Waals surface area contributed by atoms with Crippen LogP contribution in [-0.2, 0) is 6.18 Å². The first-order valence-corrected chi connectivity index (χ1v) is 9.82. The molecule has 10 heteroatoms. The molecule has 0 saturated carbocycles. The third-order valence-corrected chi connectivity index (χ3v) is 5.16. The molecule has 0 bridgehead atoms. The molecule has 0 unspecified atom stereocenters. The van der Waals surface area contributed by atoms with Gasteiger partial charge in [-0.1, -0.05) is 41.9 Å². The van der Waals surface area contributed by atoms with Gasteiger partial charge in [-0.2, -0.15) is 18.3 Å². The first-order valence-electron chi connectivity index (χ1n) is 8.56. The van der Waals surface area contributed by atoms with Crippen molar-refractivity contribution in [2.45, 2.75) is 6.18 Å². The summed E-state index contributed by atoms with van der Waals surface area (Å²) in [4.78, 5) is 16.9. The second kappa shape index (κ2) is 7.92. The van der Waals surface area contributed by atoms with E-state index in [2.05, 4.69) is 15.4 Å². The molecule has 30 heavy (non-hydrogen) atoms. The van der Waals surface area contributed by atoms with Crippen LogP contribution >= 0.6 is 22.9 Å². The SMILES string of the molecule is O=C(Nc1nc(-c2ccccc2)cs1)c1cnn(-c2ccc(Cl)cc2)c1C(F)(F)F. The molecule has 2 aromatic carbocycles. The van der Waals surface area contributed by atoms with E-state index < -0.39 is 23.3 Å². The van der Waals surface area contributed by atoms with Crippen molar-refractivity contribution in [1.82, 2.24) is 14.8 Å². The fourth-order valence-electron chi connectivity index (χ4n) is 2.80. The van der Waals surface area contributed by atoms with E-state index in [4.69, 9.17) is 11.6 Å². The normalized spacial score (nSPS) is 11.5. The number of anilines is 1. The fourth-order valence-corrected chi connectivity index (χ4v) is 3.64. The molecule has 0 radical (unpaired) electrons. The third kappa shape index (κ3) is 4.07. The van der Waals surface area contributed by atoms with Gasteiger partial charge in [-0.15, -0.1) is 11.3 Å². The van der Waals surface area contributed by atoms with Crippen molar-refractivity contribution in [3.8, 4) is 16.9 Å². The Bertz CT molecular complexity index is 1190. The molecule has 0 aliphatic rings. The van der Waals surface area contributed by atoms with Gasteiger partial charge in [-0.3, -0.25) is 10.1 Å². The van der Waals surface area contributed by atoms with E-state index in [1.807, 2.05) is 30.3 Å². The highest BCUT2D eigenvalue weighted by atomic mass is 35.5. The van der Waals surface area contributed by atoms with Crippen molar-refractivity contribution >= 4 is 34.0 Å². The molecule has 152 valence electrons. The maximum Gasteiger partial charge on any atom is 0.434 e. The summed E-state index contributed by atoms with van der Waals surface area (Å²) in [5.41, 5.74) is -0.202. The zero-order valence-electron chi connectivity index (χ0n) is 15.0. The van der Waals surface area contributed by atoms with Crippen LogP contribution in [0.2, 0.25) is 5.02 Å². The van der Waals surface area contributed by atoms with E-state index in [0.717, 1.165) is 23.1 Å². The van der Waals surface area contributed by atoms with Gasteiger partial charge in [0.2, 0.25) is 0 Å². The van der Waals surface area contributed by atoms with Gasteiger partial charge < -0.3 is 0 Å². The van der Waals surface area contributed by atoms with Crippen LogP contribution in [0.3, 0.4) is 0 Å². The average Bonchev–Trinajstić information content (AvgIpc) is 3.36. The number of nitrogens with one attached hydrogen (secondary N) is 1. The van der Waals surface area contributed by atoms with Gasteiger partial charge >= 0.3 is 6.18 Å². The predicted molar refractivity (Wildman–Crippen MR) is 109 cm³/mol. The van der Waals surface area contributed by atoms with E-state index in [1.54, 1.807) is 5.38 Å². The lowest BCUT2D eigenvalue weighted by Gasteiger charge is -2.12. The molecule has 2 aromatic heterocycles. The van der Waals surface area contributed by atoms with Crippen molar-refractivity contribution in [3.63, 3.8) is 0 Å². The van der Waals surface area contributed by atoms with Gasteiger partial charge in [0.1, 0.15) is 0 Å². The molecule has 2 heterocycles. The minimum Gasteiger partial charge on any atom is -0.298 e. The Balaban J connectivity index is 1.65.